The predicted molar refractivity (Wildman–Crippen MR) is 85.5 cm³/mol. The minimum Gasteiger partial charge on any atom is -0.317 e. The van der Waals surface area contributed by atoms with Crippen molar-refractivity contribution < 1.29 is 0 Å². The first kappa shape index (κ1) is 14.3. The number of aryl methyl sites for hydroxylation is 1. The molecule has 0 radical (unpaired) electrons. The Morgan fingerprint density at radius 1 is 0.947 bits per heavy atom. The van der Waals surface area contributed by atoms with E-state index in [1.165, 1.54) is 11.1 Å². The van der Waals surface area contributed by atoms with Gasteiger partial charge in [-0.25, -0.2) is 0 Å². The molecular weight excluding hydrogens is 298 g/mol. The fourth-order valence-electron chi connectivity index (χ4n) is 2.24. The third kappa shape index (κ3) is 4.81. The van der Waals surface area contributed by atoms with Crippen LogP contribution in [0.2, 0.25) is 0 Å². The molecule has 0 aliphatic heterocycles. The van der Waals surface area contributed by atoms with Gasteiger partial charge in [-0.2, -0.15) is 0 Å². The summed E-state index contributed by atoms with van der Waals surface area (Å²) in [6.45, 7) is 0. The minimum atomic E-state index is 0.533. The molecule has 19 heavy (non-hydrogen) atoms. The number of likely N-dealkylation sites (N-methyl/N-ethyl adjacent to an activating group) is 1. The highest BCUT2D eigenvalue weighted by atomic mass is 79.9. The molecule has 0 aliphatic rings. The normalized spacial score (nSPS) is 12.3. The molecule has 0 saturated heterocycles. The molecule has 0 heterocycles. The van der Waals surface area contributed by atoms with Gasteiger partial charge in [-0.1, -0.05) is 58.4 Å². The average Bonchev–Trinajstić information content (AvgIpc) is 2.46. The first-order valence-electron chi connectivity index (χ1n) is 6.73. The lowest BCUT2D eigenvalue weighted by molar-refractivity contribution is 0.520. The lowest BCUT2D eigenvalue weighted by atomic mass is 9.99. The Morgan fingerprint density at radius 2 is 1.63 bits per heavy atom. The number of hydrogen-bond acceptors (Lipinski definition) is 1. The van der Waals surface area contributed by atoms with Crippen LogP contribution in [0.5, 0.6) is 0 Å². The number of hydrogen-bond donors (Lipinski definition) is 1. The second-order valence-electron chi connectivity index (χ2n) is 4.84. The summed E-state index contributed by atoms with van der Waals surface area (Å²) in [6, 6.07) is 19.8. The van der Waals surface area contributed by atoms with Gasteiger partial charge in [-0.15, -0.1) is 0 Å². The van der Waals surface area contributed by atoms with Gasteiger partial charge in [0, 0.05) is 10.5 Å². The van der Waals surface area contributed by atoms with E-state index in [9.17, 15) is 0 Å². The van der Waals surface area contributed by atoms with E-state index in [0.29, 0.717) is 6.04 Å². The van der Waals surface area contributed by atoms with E-state index in [2.05, 4.69) is 82.9 Å². The molecule has 2 rings (SSSR count). The molecule has 0 amide bonds. The van der Waals surface area contributed by atoms with E-state index in [0.717, 1.165) is 23.7 Å². The van der Waals surface area contributed by atoms with Crippen molar-refractivity contribution in [3.8, 4) is 0 Å². The lowest BCUT2D eigenvalue weighted by Crippen LogP contribution is -2.28. The second kappa shape index (κ2) is 7.46. The van der Waals surface area contributed by atoms with Crippen molar-refractivity contribution in [2.45, 2.75) is 25.3 Å². The Kier molecular flexibility index (Phi) is 5.62. The van der Waals surface area contributed by atoms with E-state index in [4.69, 9.17) is 0 Å². The fraction of sp³-hybridized carbons (Fsp3) is 0.294. The largest absolute Gasteiger partial charge is 0.317 e. The monoisotopic (exact) mass is 317 g/mol. The van der Waals surface area contributed by atoms with Crippen LogP contribution >= 0.6 is 15.9 Å². The average molecular weight is 318 g/mol. The van der Waals surface area contributed by atoms with Gasteiger partial charge in [0.1, 0.15) is 0 Å². The van der Waals surface area contributed by atoms with Crippen LogP contribution in [-0.2, 0) is 12.8 Å². The van der Waals surface area contributed by atoms with Crippen LogP contribution < -0.4 is 5.32 Å². The van der Waals surface area contributed by atoms with Gasteiger partial charge in [0.15, 0.2) is 0 Å². The Hall–Kier alpha value is -1.12. The topological polar surface area (TPSA) is 12.0 Å². The quantitative estimate of drug-likeness (QED) is 0.841. The van der Waals surface area contributed by atoms with Crippen LogP contribution in [-0.4, -0.2) is 13.1 Å². The molecule has 0 fully saturated rings. The Bertz CT molecular complexity index is 478. The van der Waals surface area contributed by atoms with Gasteiger partial charge in [0.25, 0.3) is 0 Å². The zero-order chi connectivity index (χ0) is 13.5. The molecule has 100 valence electrons. The minimum absolute atomic E-state index is 0.533. The molecule has 1 unspecified atom stereocenters. The number of rotatable bonds is 6. The Balaban J connectivity index is 1.87. The van der Waals surface area contributed by atoms with Crippen molar-refractivity contribution in [2.75, 3.05) is 7.05 Å². The van der Waals surface area contributed by atoms with Crippen molar-refractivity contribution in [3.05, 3.63) is 70.2 Å². The molecule has 0 spiro atoms. The molecule has 0 aromatic heterocycles. The summed E-state index contributed by atoms with van der Waals surface area (Å²) in [6.07, 6.45) is 3.37. The number of nitrogens with one attached hydrogen (secondary N) is 1. The third-order valence-electron chi connectivity index (χ3n) is 3.43. The summed E-state index contributed by atoms with van der Waals surface area (Å²) < 4.78 is 1.14. The molecule has 1 N–H and O–H groups in total. The summed E-state index contributed by atoms with van der Waals surface area (Å²) in [4.78, 5) is 0. The number of benzene rings is 2. The highest BCUT2D eigenvalue weighted by Gasteiger charge is 2.07. The third-order valence-corrected chi connectivity index (χ3v) is 3.96. The maximum absolute atomic E-state index is 3.47. The highest BCUT2D eigenvalue weighted by molar-refractivity contribution is 9.10. The van der Waals surface area contributed by atoms with E-state index >= 15 is 0 Å². The van der Waals surface area contributed by atoms with E-state index in [1.807, 2.05) is 0 Å². The summed E-state index contributed by atoms with van der Waals surface area (Å²) in [5.41, 5.74) is 2.80. The Labute approximate surface area is 124 Å². The summed E-state index contributed by atoms with van der Waals surface area (Å²) in [5, 5.41) is 3.42. The highest BCUT2D eigenvalue weighted by Crippen LogP contribution is 2.13. The molecule has 2 aromatic rings. The molecule has 2 aromatic carbocycles. The molecule has 2 heteroatoms. The fourth-order valence-corrected chi connectivity index (χ4v) is 2.50. The van der Waals surface area contributed by atoms with Gasteiger partial charge in [0.05, 0.1) is 0 Å². The zero-order valence-corrected chi connectivity index (χ0v) is 12.9. The van der Waals surface area contributed by atoms with Gasteiger partial charge < -0.3 is 5.32 Å². The van der Waals surface area contributed by atoms with Crippen LogP contribution in [0.15, 0.2) is 59.1 Å². The molecule has 0 bridgehead atoms. The maximum Gasteiger partial charge on any atom is 0.0175 e. The second-order valence-corrected chi connectivity index (χ2v) is 5.76. The molecule has 1 nitrogen and oxygen atoms in total. The smallest absolute Gasteiger partial charge is 0.0175 e. The van der Waals surface area contributed by atoms with Gasteiger partial charge in [0.2, 0.25) is 0 Å². The van der Waals surface area contributed by atoms with Crippen molar-refractivity contribution >= 4 is 15.9 Å². The van der Waals surface area contributed by atoms with Gasteiger partial charge in [-0.05, 0) is 49.6 Å². The standard InChI is InChI=1S/C17H20BrN/c1-19-17(13-15-5-3-2-4-6-15)12-9-14-7-10-16(18)11-8-14/h2-8,10-11,17,19H,9,12-13H2,1H3. The van der Waals surface area contributed by atoms with Crippen LogP contribution in [0, 0.1) is 0 Å². The molecule has 0 aliphatic carbocycles. The SMILES string of the molecule is CNC(CCc1ccc(Br)cc1)Cc1ccccc1. The zero-order valence-electron chi connectivity index (χ0n) is 11.3. The van der Waals surface area contributed by atoms with Crippen molar-refractivity contribution in [1.82, 2.24) is 5.32 Å². The maximum atomic E-state index is 3.47. The molecule has 1 atom stereocenters. The van der Waals surface area contributed by atoms with Crippen molar-refractivity contribution in [1.29, 1.82) is 0 Å². The van der Waals surface area contributed by atoms with Crippen molar-refractivity contribution in [3.63, 3.8) is 0 Å². The van der Waals surface area contributed by atoms with E-state index in [-0.39, 0.29) is 0 Å². The predicted octanol–water partition coefficient (Wildman–Crippen LogP) is 4.21. The number of halogens is 1. The summed E-state index contributed by atoms with van der Waals surface area (Å²) in [5.74, 6) is 0. The first-order chi connectivity index (χ1) is 9.28. The van der Waals surface area contributed by atoms with Gasteiger partial charge in [-0.3, -0.25) is 0 Å². The molecular formula is C17H20BrN. The van der Waals surface area contributed by atoms with Crippen LogP contribution in [0.3, 0.4) is 0 Å². The molecule has 0 saturated carbocycles. The van der Waals surface area contributed by atoms with Crippen LogP contribution in [0.25, 0.3) is 0 Å². The van der Waals surface area contributed by atoms with E-state index < -0.39 is 0 Å². The summed E-state index contributed by atoms with van der Waals surface area (Å²) >= 11 is 3.47. The van der Waals surface area contributed by atoms with Crippen LogP contribution in [0.1, 0.15) is 17.5 Å². The van der Waals surface area contributed by atoms with Crippen molar-refractivity contribution in [2.24, 2.45) is 0 Å². The Morgan fingerprint density at radius 3 is 2.26 bits per heavy atom. The van der Waals surface area contributed by atoms with E-state index in [1.54, 1.807) is 0 Å². The summed E-state index contributed by atoms with van der Waals surface area (Å²) in [7, 11) is 2.05. The lowest BCUT2D eigenvalue weighted by Gasteiger charge is -2.16. The van der Waals surface area contributed by atoms with Crippen LogP contribution in [0.4, 0.5) is 0 Å². The van der Waals surface area contributed by atoms with Gasteiger partial charge >= 0.3 is 0 Å². The first-order valence-corrected chi connectivity index (χ1v) is 7.53.